The van der Waals surface area contributed by atoms with Crippen LogP contribution in [0.3, 0.4) is 0 Å². The molecule has 0 saturated carbocycles. The first-order chi connectivity index (χ1) is 12.1. The largest absolute Gasteiger partial charge is 0.445 e. The summed E-state index contributed by atoms with van der Waals surface area (Å²) in [5.41, 5.74) is 7.21. The number of amides is 3. The molecule has 2 aliphatic rings. The van der Waals surface area contributed by atoms with Crippen molar-refractivity contribution in [2.24, 2.45) is 0 Å². The molecule has 2 saturated heterocycles. The van der Waals surface area contributed by atoms with E-state index in [4.69, 9.17) is 10.5 Å². The Hall–Kier alpha value is -2.09. The number of hydrogen-bond donors (Lipinski definition) is 4. The van der Waals surface area contributed by atoms with Gasteiger partial charge in [0, 0.05) is 23.2 Å². The van der Waals surface area contributed by atoms with Gasteiger partial charge in [-0.05, 0) is 30.5 Å². The molecular formula is C17H24N4O3S. The molecule has 25 heavy (non-hydrogen) atoms. The molecule has 0 spiro atoms. The molecule has 2 fully saturated rings. The van der Waals surface area contributed by atoms with Crippen molar-refractivity contribution in [1.29, 1.82) is 0 Å². The number of anilines is 1. The lowest BCUT2D eigenvalue weighted by molar-refractivity contribution is 0.139. The van der Waals surface area contributed by atoms with Gasteiger partial charge < -0.3 is 26.4 Å². The summed E-state index contributed by atoms with van der Waals surface area (Å²) in [5.74, 6) is 0.976. The lowest BCUT2D eigenvalue weighted by atomic mass is 10.0. The number of carbonyl (C=O) groups is 2. The smallest absolute Gasteiger partial charge is 0.407 e. The monoisotopic (exact) mass is 364 g/mol. The Morgan fingerprint density at radius 2 is 2.08 bits per heavy atom. The maximum Gasteiger partial charge on any atom is 0.407 e. The lowest BCUT2D eigenvalue weighted by Gasteiger charge is -2.16. The van der Waals surface area contributed by atoms with Crippen LogP contribution in [0.15, 0.2) is 24.3 Å². The maximum absolute atomic E-state index is 11.7. The van der Waals surface area contributed by atoms with Gasteiger partial charge in [-0.15, -0.1) is 0 Å². The second-order valence-electron chi connectivity index (χ2n) is 6.36. The Bertz CT molecular complexity index is 610. The number of urea groups is 1. The number of alkyl carbamates (subject to hydrolysis) is 1. The predicted octanol–water partition coefficient (Wildman–Crippen LogP) is 1.83. The van der Waals surface area contributed by atoms with Crippen molar-refractivity contribution in [3.63, 3.8) is 0 Å². The Balaban J connectivity index is 1.25. The number of nitrogens with two attached hydrogens (primary N) is 1. The summed E-state index contributed by atoms with van der Waals surface area (Å²) in [5, 5.41) is 9.16. The number of benzene rings is 1. The first-order valence-electron chi connectivity index (χ1n) is 8.55. The number of unbranched alkanes of at least 4 members (excludes halogenated alkanes) is 1. The third-order valence-corrected chi connectivity index (χ3v) is 5.98. The van der Waals surface area contributed by atoms with E-state index in [1.165, 1.54) is 0 Å². The Labute approximate surface area is 151 Å². The van der Waals surface area contributed by atoms with Gasteiger partial charge in [0.15, 0.2) is 0 Å². The highest BCUT2D eigenvalue weighted by Gasteiger charge is 2.42. The number of nitrogen functional groups attached to an aromatic ring is 1. The van der Waals surface area contributed by atoms with Gasteiger partial charge in [-0.3, -0.25) is 0 Å². The molecule has 0 bridgehead atoms. The van der Waals surface area contributed by atoms with E-state index in [2.05, 4.69) is 16.0 Å². The van der Waals surface area contributed by atoms with E-state index in [0.717, 1.165) is 30.6 Å². The fourth-order valence-corrected chi connectivity index (χ4v) is 4.66. The van der Waals surface area contributed by atoms with Crippen LogP contribution in [0.2, 0.25) is 0 Å². The normalized spacial score (nSPS) is 24.3. The molecule has 1 aromatic rings. The quantitative estimate of drug-likeness (QED) is 0.336. The van der Waals surface area contributed by atoms with Crippen LogP contribution in [0.4, 0.5) is 15.3 Å². The minimum atomic E-state index is -0.403. The molecule has 3 atom stereocenters. The summed E-state index contributed by atoms with van der Waals surface area (Å²) in [7, 11) is 0. The van der Waals surface area contributed by atoms with Crippen LogP contribution in [0.5, 0.6) is 0 Å². The van der Waals surface area contributed by atoms with E-state index >= 15 is 0 Å². The van der Waals surface area contributed by atoms with Gasteiger partial charge in [0.1, 0.15) is 6.61 Å². The molecule has 5 N–H and O–H groups in total. The summed E-state index contributed by atoms with van der Waals surface area (Å²) < 4.78 is 5.17. The lowest BCUT2D eigenvalue weighted by Crippen LogP contribution is -2.36. The minimum absolute atomic E-state index is 0.0502. The van der Waals surface area contributed by atoms with E-state index in [0.29, 0.717) is 17.5 Å². The summed E-state index contributed by atoms with van der Waals surface area (Å²) in [6.45, 7) is 0.831. The van der Waals surface area contributed by atoms with Crippen molar-refractivity contribution < 1.29 is 14.3 Å². The summed E-state index contributed by atoms with van der Waals surface area (Å²) >= 11 is 1.91. The fourth-order valence-electron chi connectivity index (χ4n) is 3.12. The van der Waals surface area contributed by atoms with E-state index < -0.39 is 6.09 Å². The van der Waals surface area contributed by atoms with Crippen LogP contribution < -0.4 is 21.7 Å². The van der Waals surface area contributed by atoms with Crippen molar-refractivity contribution in [3.8, 4) is 0 Å². The van der Waals surface area contributed by atoms with Gasteiger partial charge in [-0.2, -0.15) is 11.8 Å². The van der Waals surface area contributed by atoms with E-state index in [1.54, 1.807) is 12.1 Å². The van der Waals surface area contributed by atoms with Crippen molar-refractivity contribution >= 4 is 29.6 Å². The van der Waals surface area contributed by atoms with Gasteiger partial charge in [0.2, 0.25) is 0 Å². The molecule has 3 rings (SSSR count). The fraction of sp³-hybridized carbons (Fsp3) is 0.529. The zero-order valence-electron chi connectivity index (χ0n) is 14.0. The Morgan fingerprint density at radius 1 is 1.28 bits per heavy atom. The SMILES string of the molecule is Nc1ccc(COC(=O)NCCCCC2SCC3NC(=O)NC32)cc1. The summed E-state index contributed by atoms with van der Waals surface area (Å²) in [6.07, 6.45) is 2.54. The second kappa shape index (κ2) is 8.33. The highest BCUT2D eigenvalue weighted by Crippen LogP contribution is 2.32. The molecule has 0 aromatic heterocycles. The molecule has 3 amide bonds. The molecule has 0 radical (unpaired) electrons. The van der Waals surface area contributed by atoms with Crippen LogP contribution in [0, 0.1) is 0 Å². The van der Waals surface area contributed by atoms with Crippen molar-refractivity contribution in [1.82, 2.24) is 16.0 Å². The molecule has 1 aromatic carbocycles. The van der Waals surface area contributed by atoms with Crippen LogP contribution in [-0.4, -0.2) is 41.8 Å². The standard InChI is InChI=1S/C17H24N4O3S/c18-12-6-4-11(5-7-12)9-24-17(23)19-8-2-1-3-14-15-13(10-25-14)20-16(22)21-15/h4-7,13-15H,1-3,8-10,18H2,(H,19,23)(H2,20,21,22). The topological polar surface area (TPSA) is 105 Å². The minimum Gasteiger partial charge on any atom is -0.445 e. The van der Waals surface area contributed by atoms with Crippen LogP contribution in [0.25, 0.3) is 0 Å². The molecular weight excluding hydrogens is 340 g/mol. The van der Waals surface area contributed by atoms with Gasteiger partial charge in [-0.25, -0.2) is 9.59 Å². The van der Waals surface area contributed by atoms with Crippen molar-refractivity contribution in [2.45, 2.75) is 43.2 Å². The average molecular weight is 364 g/mol. The van der Waals surface area contributed by atoms with E-state index in [-0.39, 0.29) is 24.7 Å². The van der Waals surface area contributed by atoms with Crippen LogP contribution >= 0.6 is 11.8 Å². The first-order valence-corrected chi connectivity index (χ1v) is 9.60. The van der Waals surface area contributed by atoms with E-state index in [9.17, 15) is 9.59 Å². The second-order valence-corrected chi connectivity index (χ2v) is 7.63. The van der Waals surface area contributed by atoms with Crippen LogP contribution in [0.1, 0.15) is 24.8 Å². The zero-order valence-corrected chi connectivity index (χ0v) is 14.8. The average Bonchev–Trinajstić information content (AvgIpc) is 3.14. The number of nitrogens with one attached hydrogen (secondary N) is 3. The Kier molecular flexibility index (Phi) is 5.91. The molecule has 2 heterocycles. The number of rotatable bonds is 7. The van der Waals surface area contributed by atoms with Crippen molar-refractivity contribution in [2.75, 3.05) is 18.0 Å². The summed E-state index contributed by atoms with van der Waals surface area (Å²) in [6, 6.07) is 7.71. The molecule has 8 heteroatoms. The number of fused-ring (bicyclic) bond motifs is 1. The van der Waals surface area contributed by atoms with Gasteiger partial charge in [-0.1, -0.05) is 18.6 Å². The summed E-state index contributed by atoms with van der Waals surface area (Å²) in [4.78, 5) is 23.0. The van der Waals surface area contributed by atoms with E-state index in [1.807, 2.05) is 23.9 Å². The Morgan fingerprint density at radius 3 is 2.88 bits per heavy atom. The highest BCUT2D eigenvalue weighted by atomic mass is 32.2. The number of carbonyl (C=O) groups excluding carboxylic acids is 2. The third-order valence-electron chi connectivity index (χ3n) is 4.47. The number of ether oxygens (including phenoxy) is 1. The molecule has 2 aliphatic heterocycles. The first kappa shape index (κ1) is 17.7. The maximum atomic E-state index is 11.7. The third kappa shape index (κ3) is 4.94. The van der Waals surface area contributed by atoms with Gasteiger partial charge in [0.25, 0.3) is 0 Å². The number of thioether (sulfide) groups is 1. The van der Waals surface area contributed by atoms with Crippen LogP contribution in [-0.2, 0) is 11.3 Å². The molecule has 136 valence electrons. The van der Waals surface area contributed by atoms with Gasteiger partial charge >= 0.3 is 12.1 Å². The van der Waals surface area contributed by atoms with Gasteiger partial charge in [0.05, 0.1) is 12.1 Å². The molecule has 0 aliphatic carbocycles. The highest BCUT2D eigenvalue weighted by molar-refractivity contribution is 8.00. The molecule has 7 nitrogen and oxygen atoms in total. The predicted molar refractivity (Wildman–Crippen MR) is 98.4 cm³/mol. The number of hydrogen-bond acceptors (Lipinski definition) is 5. The van der Waals surface area contributed by atoms with Crippen molar-refractivity contribution in [3.05, 3.63) is 29.8 Å². The zero-order chi connectivity index (χ0) is 17.6. The molecule has 3 unspecified atom stereocenters.